The summed E-state index contributed by atoms with van der Waals surface area (Å²) in [6, 6.07) is 7.28. The number of benzene rings is 1. The lowest BCUT2D eigenvalue weighted by Gasteiger charge is -2.07. The number of rotatable bonds is 6. The number of nitrogens with zero attached hydrogens (tertiary/aromatic N) is 3. The van der Waals surface area contributed by atoms with E-state index in [9.17, 15) is 4.39 Å². The van der Waals surface area contributed by atoms with Crippen LogP contribution >= 0.6 is 0 Å². The van der Waals surface area contributed by atoms with Crippen LogP contribution < -0.4 is 10.6 Å². The molecule has 0 radical (unpaired) electrons. The second-order valence-corrected chi connectivity index (χ2v) is 4.85. The quantitative estimate of drug-likeness (QED) is 0.845. The highest BCUT2D eigenvalue weighted by molar-refractivity contribution is 5.38. The monoisotopic (exact) mass is 273 g/mol. The summed E-state index contributed by atoms with van der Waals surface area (Å²) >= 11 is 0. The van der Waals surface area contributed by atoms with Crippen molar-refractivity contribution in [2.24, 2.45) is 0 Å². The maximum atomic E-state index is 13.5. The first-order valence-electron chi connectivity index (χ1n) is 6.75. The highest BCUT2D eigenvalue weighted by atomic mass is 19.1. The fourth-order valence-electron chi connectivity index (χ4n) is 1.89. The standard InChI is InChI=1S/C14H16FN5/c15-12-4-2-1-3-10(12)7-8-16-13-9-17-20-14(19-13)18-11-5-6-11/h1-4,9,11H,5-8H2,(H2,16,18,19,20). The summed E-state index contributed by atoms with van der Waals surface area (Å²) in [5, 5.41) is 14.1. The molecule has 0 unspecified atom stereocenters. The van der Waals surface area contributed by atoms with Gasteiger partial charge in [0.2, 0.25) is 5.95 Å². The van der Waals surface area contributed by atoms with Crippen molar-refractivity contribution < 1.29 is 4.39 Å². The van der Waals surface area contributed by atoms with Crippen LogP contribution in [0.15, 0.2) is 30.5 Å². The number of nitrogens with one attached hydrogen (secondary N) is 2. The minimum absolute atomic E-state index is 0.175. The van der Waals surface area contributed by atoms with Crippen LogP contribution in [0.5, 0.6) is 0 Å². The summed E-state index contributed by atoms with van der Waals surface area (Å²) in [4.78, 5) is 4.32. The summed E-state index contributed by atoms with van der Waals surface area (Å²) in [5.41, 5.74) is 0.693. The molecule has 1 aromatic heterocycles. The molecule has 1 saturated carbocycles. The van der Waals surface area contributed by atoms with E-state index in [2.05, 4.69) is 25.8 Å². The molecule has 6 heteroatoms. The lowest BCUT2D eigenvalue weighted by molar-refractivity contribution is 0.610. The van der Waals surface area contributed by atoms with E-state index in [1.165, 1.54) is 6.07 Å². The van der Waals surface area contributed by atoms with E-state index >= 15 is 0 Å². The average molecular weight is 273 g/mol. The van der Waals surface area contributed by atoms with Crippen molar-refractivity contribution in [3.05, 3.63) is 41.8 Å². The molecular formula is C14H16FN5. The highest BCUT2D eigenvalue weighted by Crippen LogP contribution is 2.22. The van der Waals surface area contributed by atoms with Crippen LogP contribution in [0.2, 0.25) is 0 Å². The molecular weight excluding hydrogens is 257 g/mol. The van der Waals surface area contributed by atoms with Gasteiger partial charge in [0.15, 0.2) is 5.82 Å². The van der Waals surface area contributed by atoms with Gasteiger partial charge in [-0.2, -0.15) is 10.1 Å². The maximum Gasteiger partial charge on any atom is 0.244 e. The van der Waals surface area contributed by atoms with Crippen LogP contribution in [0.4, 0.5) is 16.2 Å². The Bertz CT molecular complexity index is 585. The first-order chi connectivity index (χ1) is 9.81. The van der Waals surface area contributed by atoms with E-state index in [0.29, 0.717) is 36.3 Å². The first kappa shape index (κ1) is 12.8. The number of hydrogen-bond donors (Lipinski definition) is 2. The number of halogens is 1. The lowest BCUT2D eigenvalue weighted by atomic mass is 10.1. The molecule has 2 N–H and O–H groups in total. The Hall–Kier alpha value is -2.24. The van der Waals surface area contributed by atoms with Gasteiger partial charge in [0.05, 0.1) is 6.20 Å². The van der Waals surface area contributed by atoms with Crippen LogP contribution in [0.25, 0.3) is 0 Å². The van der Waals surface area contributed by atoms with Gasteiger partial charge in [0, 0.05) is 12.6 Å². The fraction of sp³-hybridized carbons (Fsp3) is 0.357. The zero-order chi connectivity index (χ0) is 13.8. The summed E-state index contributed by atoms with van der Waals surface area (Å²) < 4.78 is 13.5. The highest BCUT2D eigenvalue weighted by Gasteiger charge is 2.22. The van der Waals surface area contributed by atoms with E-state index in [1.54, 1.807) is 18.3 Å². The predicted molar refractivity (Wildman–Crippen MR) is 75.1 cm³/mol. The van der Waals surface area contributed by atoms with Crippen LogP contribution in [0.3, 0.4) is 0 Å². The van der Waals surface area contributed by atoms with Crippen LogP contribution in [0, 0.1) is 5.82 Å². The third kappa shape index (κ3) is 3.40. The summed E-state index contributed by atoms with van der Waals surface area (Å²) in [6.45, 7) is 0.600. The summed E-state index contributed by atoms with van der Waals surface area (Å²) in [5.74, 6) is 1.02. The van der Waals surface area contributed by atoms with Gasteiger partial charge in [-0.3, -0.25) is 0 Å². The molecule has 1 heterocycles. The van der Waals surface area contributed by atoms with Crippen molar-refractivity contribution in [1.82, 2.24) is 15.2 Å². The Kier molecular flexibility index (Phi) is 3.71. The summed E-state index contributed by atoms with van der Waals surface area (Å²) in [6.07, 6.45) is 4.49. The van der Waals surface area contributed by atoms with Gasteiger partial charge >= 0.3 is 0 Å². The third-order valence-electron chi connectivity index (χ3n) is 3.13. The largest absolute Gasteiger partial charge is 0.368 e. The molecule has 5 nitrogen and oxygen atoms in total. The van der Waals surface area contributed by atoms with Gasteiger partial charge in [-0.15, -0.1) is 5.10 Å². The van der Waals surface area contributed by atoms with E-state index in [0.717, 1.165) is 12.8 Å². The Labute approximate surface area is 116 Å². The van der Waals surface area contributed by atoms with Gasteiger partial charge in [-0.1, -0.05) is 18.2 Å². The molecule has 20 heavy (non-hydrogen) atoms. The number of hydrogen-bond acceptors (Lipinski definition) is 5. The Morgan fingerprint density at radius 3 is 2.90 bits per heavy atom. The predicted octanol–water partition coefficient (Wildman–Crippen LogP) is 2.24. The van der Waals surface area contributed by atoms with Crippen molar-refractivity contribution in [3.8, 4) is 0 Å². The van der Waals surface area contributed by atoms with Crippen LogP contribution in [0.1, 0.15) is 18.4 Å². The van der Waals surface area contributed by atoms with E-state index < -0.39 is 0 Å². The third-order valence-corrected chi connectivity index (χ3v) is 3.13. The summed E-state index contributed by atoms with van der Waals surface area (Å²) in [7, 11) is 0. The molecule has 104 valence electrons. The molecule has 2 aromatic rings. The molecule has 1 aliphatic rings. The van der Waals surface area contributed by atoms with E-state index in [-0.39, 0.29) is 5.82 Å². The number of aromatic nitrogens is 3. The second-order valence-electron chi connectivity index (χ2n) is 4.85. The van der Waals surface area contributed by atoms with Gasteiger partial charge < -0.3 is 10.6 Å². The van der Waals surface area contributed by atoms with Crippen molar-refractivity contribution in [2.75, 3.05) is 17.2 Å². The first-order valence-corrected chi connectivity index (χ1v) is 6.75. The minimum Gasteiger partial charge on any atom is -0.368 e. The molecule has 0 aliphatic heterocycles. The molecule has 0 bridgehead atoms. The second kappa shape index (κ2) is 5.81. The van der Waals surface area contributed by atoms with Crippen molar-refractivity contribution in [2.45, 2.75) is 25.3 Å². The van der Waals surface area contributed by atoms with Crippen molar-refractivity contribution >= 4 is 11.8 Å². The number of anilines is 2. The normalized spacial score (nSPS) is 14.1. The molecule has 3 rings (SSSR count). The Morgan fingerprint density at radius 2 is 2.10 bits per heavy atom. The van der Waals surface area contributed by atoms with Crippen molar-refractivity contribution in [1.29, 1.82) is 0 Å². The molecule has 0 atom stereocenters. The van der Waals surface area contributed by atoms with Gasteiger partial charge in [0.25, 0.3) is 0 Å². The Balaban J connectivity index is 1.54. The molecule has 0 amide bonds. The molecule has 1 aromatic carbocycles. The average Bonchev–Trinajstić information content (AvgIpc) is 3.25. The Morgan fingerprint density at radius 1 is 1.25 bits per heavy atom. The molecule has 0 saturated heterocycles. The molecule has 1 aliphatic carbocycles. The SMILES string of the molecule is Fc1ccccc1CCNc1cnnc(NC2CC2)n1. The van der Waals surface area contributed by atoms with Crippen LogP contribution in [-0.4, -0.2) is 27.8 Å². The van der Waals surface area contributed by atoms with Gasteiger partial charge in [-0.25, -0.2) is 4.39 Å². The fourth-order valence-corrected chi connectivity index (χ4v) is 1.89. The van der Waals surface area contributed by atoms with Crippen LogP contribution in [-0.2, 0) is 6.42 Å². The maximum absolute atomic E-state index is 13.5. The van der Waals surface area contributed by atoms with Gasteiger partial charge in [-0.05, 0) is 30.9 Å². The zero-order valence-corrected chi connectivity index (χ0v) is 11.0. The molecule has 1 fully saturated rings. The topological polar surface area (TPSA) is 62.7 Å². The smallest absolute Gasteiger partial charge is 0.244 e. The van der Waals surface area contributed by atoms with Crippen molar-refractivity contribution in [3.63, 3.8) is 0 Å². The lowest BCUT2D eigenvalue weighted by Crippen LogP contribution is -2.11. The molecule has 0 spiro atoms. The van der Waals surface area contributed by atoms with E-state index in [1.807, 2.05) is 6.07 Å². The van der Waals surface area contributed by atoms with Gasteiger partial charge in [0.1, 0.15) is 5.82 Å². The zero-order valence-electron chi connectivity index (χ0n) is 11.0. The minimum atomic E-state index is -0.175. The van der Waals surface area contributed by atoms with E-state index in [4.69, 9.17) is 0 Å².